The summed E-state index contributed by atoms with van der Waals surface area (Å²) in [5, 5.41) is 2.91. The average Bonchev–Trinajstić information content (AvgIpc) is 2.97. The van der Waals surface area contributed by atoms with Gasteiger partial charge < -0.3 is 15.8 Å². The van der Waals surface area contributed by atoms with Crippen molar-refractivity contribution in [1.82, 2.24) is 9.88 Å². The predicted molar refractivity (Wildman–Crippen MR) is 108 cm³/mol. The van der Waals surface area contributed by atoms with Crippen molar-refractivity contribution in [2.45, 2.75) is 6.42 Å². The molecule has 0 saturated heterocycles. The lowest BCUT2D eigenvalue weighted by Gasteiger charge is -2.08. The van der Waals surface area contributed by atoms with Crippen molar-refractivity contribution >= 4 is 35.3 Å². The van der Waals surface area contributed by atoms with Gasteiger partial charge in [0, 0.05) is 12.2 Å². The molecule has 1 aromatic heterocycles. The van der Waals surface area contributed by atoms with Gasteiger partial charge in [-0.3, -0.25) is 9.36 Å². The Morgan fingerprint density at radius 2 is 1.88 bits per heavy atom. The maximum absolute atomic E-state index is 12.5. The Morgan fingerprint density at radius 1 is 1.19 bits per heavy atom. The number of amides is 1. The smallest absolute Gasteiger partial charge is 0.265 e. The number of hydrogen-bond donors (Lipinski definition) is 2. The second-order valence-electron chi connectivity index (χ2n) is 5.61. The number of hydrogen-bond acceptors (Lipinski definition) is 5. The lowest BCUT2D eigenvalue weighted by molar-refractivity contribution is 0.0958. The fourth-order valence-electron chi connectivity index (χ4n) is 2.57. The van der Waals surface area contributed by atoms with E-state index in [-0.39, 0.29) is 5.91 Å². The van der Waals surface area contributed by atoms with E-state index in [1.54, 1.807) is 11.7 Å². The summed E-state index contributed by atoms with van der Waals surface area (Å²) in [5.41, 5.74) is 8.17. The number of aromatic nitrogens is 1. The number of nitrogens with zero attached hydrogens (tertiary/aromatic N) is 1. The van der Waals surface area contributed by atoms with Gasteiger partial charge in [0.25, 0.3) is 5.91 Å². The highest BCUT2D eigenvalue weighted by molar-refractivity contribution is 7.73. The minimum Gasteiger partial charge on any atom is -0.497 e. The van der Waals surface area contributed by atoms with E-state index in [0.29, 0.717) is 21.2 Å². The van der Waals surface area contributed by atoms with Gasteiger partial charge in [-0.25, -0.2) is 0 Å². The first kappa shape index (κ1) is 18.2. The molecule has 0 radical (unpaired) electrons. The normalized spacial score (nSPS) is 10.5. The number of thiazole rings is 1. The zero-order chi connectivity index (χ0) is 18.5. The number of benzene rings is 2. The zero-order valence-corrected chi connectivity index (χ0v) is 15.9. The first-order chi connectivity index (χ1) is 12.6. The van der Waals surface area contributed by atoms with Crippen LogP contribution in [0.3, 0.4) is 0 Å². The van der Waals surface area contributed by atoms with E-state index >= 15 is 0 Å². The van der Waals surface area contributed by atoms with Crippen molar-refractivity contribution in [3.63, 3.8) is 0 Å². The minimum absolute atomic E-state index is 0.207. The van der Waals surface area contributed by atoms with Crippen molar-refractivity contribution in [3.05, 3.63) is 69.0 Å². The number of rotatable bonds is 6. The largest absolute Gasteiger partial charge is 0.497 e. The maximum atomic E-state index is 12.5. The van der Waals surface area contributed by atoms with Gasteiger partial charge in [-0.15, -0.1) is 0 Å². The van der Waals surface area contributed by atoms with Gasteiger partial charge in [-0.2, -0.15) is 0 Å². The third-order valence-electron chi connectivity index (χ3n) is 3.92. The molecule has 3 rings (SSSR count). The summed E-state index contributed by atoms with van der Waals surface area (Å²) in [6, 6.07) is 17.4. The standard InChI is InChI=1S/C19H19N3O2S2/c1-24-15-9-7-14(8-10-15)22-17(20)16(26-19(22)25)18(23)21-12-11-13-5-3-2-4-6-13/h2-10H,11-12,20H2,1H3,(H,21,23). The molecular formula is C19H19N3O2S2. The van der Waals surface area contributed by atoms with E-state index in [2.05, 4.69) is 5.32 Å². The van der Waals surface area contributed by atoms with E-state index in [1.165, 1.54) is 16.9 Å². The molecule has 0 saturated carbocycles. The number of methoxy groups -OCH3 is 1. The molecule has 26 heavy (non-hydrogen) atoms. The van der Waals surface area contributed by atoms with E-state index < -0.39 is 0 Å². The first-order valence-electron chi connectivity index (χ1n) is 8.08. The molecule has 0 aliphatic rings. The van der Waals surface area contributed by atoms with Crippen molar-refractivity contribution < 1.29 is 9.53 Å². The van der Waals surface area contributed by atoms with Crippen LogP contribution in [0.5, 0.6) is 5.75 Å². The molecule has 3 aromatic rings. The van der Waals surface area contributed by atoms with E-state index in [1.807, 2.05) is 54.6 Å². The van der Waals surface area contributed by atoms with Crippen LogP contribution in [0.15, 0.2) is 54.6 Å². The SMILES string of the molecule is COc1ccc(-n2c(N)c(C(=O)NCCc3ccccc3)sc2=S)cc1. The number of carbonyl (C=O) groups excluding carboxylic acids is 1. The summed E-state index contributed by atoms with van der Waals surface area (Å²) in [5.74, 6) is 0.886. The van der Waals surface area contributed by atoms with Gasteiger partial charge in [0.1, 0.15) is 16.4 Å². The fourth-order valence-corrected chi connectivity index (χ4v) is 3.85. The van der Waals surface area contributed by atoms with Crippen LogP contribution in [0.25, 0.3) is 5.69 Å². The summed E-state index contributed by atoms with van der Waals surface area (Å²) in [6.07, 6.45) is 0.761. The molecule has 1 heterocycles. The molecule has 0 atom stereocenters. The molecule has 1 amide bonds. The van der Waals surface area contributed by atoms with Crippen LogP contribution in [0.2, 0.25) is 0 Å². The number of nitrogens with two attached hydrogens (primary N) is 1. The quantitative estimate of drug-likeness (QED) is 0.633. The lowest BCUT2D eigenvalue weighted by atomic mass is 10.1. The molecule has 134 valence electrons. The molecule has 0 fully saturated rings. The fraction of sp³-hybridized carbons (Fsp3) is 0.158. The lowest BCUT2D eigenvalue weighted by Crippen LogP contribution is -2.25. The van der Waals surface area contributed by atoms with Crippen molar-refractivity contribution in [2.24, 2.45) is 0 Å². The van der Waals surface area contributed by atoms with Crippen LogP contribution in [-0.2, 0) is 6.42 Å². The Bertz CT molecular complexity index is 947. The van der Waals surface area contributed by atoms with Gasteiger partial charge >= 0.3 is 0 Å². The Labute approximate surface area is 161 Å². The molecule has 0 unspecified atom stereocenters. The Hall–Kier alpha value is -2.64. The third kappa shape index (κ3) is 3.95. The van der Waals surface area contributed by atoms with E-state index in [0.717, 1.165) is 17.9 Å². The van der Waals surface area contributed by atoms with Crippen LogP contribution in [-0.4, -0.2) is 24.1 Å². The highest BCUT2D eigenvalue weighted by atomic mass is 32.1. The van der Waals surface area contributed by atoms with Crippen LogP contribution >= 0.6 is 23.6 Å². The van der Waals surface area contributed by atoms with Crippen LogP contribution < -0.4 is 15.8 Å². The Balaban J connectivity index is 1.74. The molecule has 0 bridgehead atoms. The second kappa shape index (κ2) is 8.16. The molecule has 7 heteroatoms. The highest BCUT2D eigenvalue weighted by Crippen LogP contribution is 2.27. The maximum Gasteiger partial charge on any atom is 0.265 e. The van der Waals surface area contributed by atoms with Crippen molar-refractivity contribution in [2.75, 3.05) is 19.4 Å². The average molecular weight is 386 g/mol. The van der Waals surface area contributed by atoms with Gasteiger partial charge in [0.2, 0.25) is 0 Å². The number of nitrogen functional groups attached to an aromatic ring is 1. The van der Waals surface area contributed by atoms with Gasteiger partial charge in [-0.05, 0) is 48.5 Å². The monoisotopic (exact) mass is 385 g/mol. The molecule has 0 spiro atoms. The molecule has 0 aliphatic heterocycles. The van der Waals surface area contributed by atoms with Crippen molar-refractivity contribution in [1.29, 1.82) is 0 Å². The zero-order valence-electron chi connectivity index (χ0n) is 14.3. The van der Waals surface area contributed by atoms with Crippen LogP contribution in [0.4, 0.5) is 5.82 Å². The van der Waals surface area contributed by atoms with Gasteiger partial charge in [0.15, 0.2) is 3.95 Å². The van der Waals surface area contributed by atoms with Crippen molar-refractivity contribution in [3.8, 4) is 11.4 Å². The first-order valence-corrected chi connectivity index (χ1v) is 9.30. The topological polar surface area (TPSA) is 69.3 Å². The van der Waals surface area contributed by atoms with E-state index in [9.17, 15) is 4.79 Å². The van der Waals surface area contributed by atoms with Crippen LogP contribution in [0, 0.1) is 3.95 Å². The van der Waals surface area contributed by atoms with Gasteiger partial charge in [0.05, 0.1) is 7.11 Å². The summed E-state index contributed by atoms with van der Waals surface area (Å²) in [4.78, 5) is 12.9. The summed E-state index contributed by atoms with van der Waals surface area (Å²) in [7, 11) is 1.61. The molecular weight excluding hydrogens is 366 g/mol. The third-order valence-corrected chi connectivity index (χ3v) is 5.31. The molecule has 5 nitrogen and oxygen atoms in total. The molecule has 0 aliphatic carbocycles. The second-order valence-corrected chi connectivity index (χ2v) is 7.25. The number of anilines is 1. The minimum atomic E-state index is -0.207. The molecule has 3 N–H and O–H groups in total. The summed E-state index contributed by atoms with van der Waals surface area (Å²) < 4.78 is 7.39. The Morgan fingerprint density at radius 3 is 2.54 bits per heavy atom. The summed E-state index contributed by atoms with van der Waals surface area (Å²) >= 11 is 6.61. The number of ether oxygens (including phenoxy) is 1. The predicted octanol–water partition coefficient (Wildman–Crippen LogP) is 3.83. The number of nitrogens with one attached hydrogen (secondary N) is 1. The molecule has 2 aromatic carbocycles. The Kier molecular flexibility index (Phi) is 5.70. The summed E-state index contributed by atoms with van der Waals surface area (Å²) in [6.45, 7) is 0.537. The van der Waals surface area contributed by atoms with Crippen LogP contribution in [0.1, 0.15) is 15.2 Å². The number of carbonyl (C=O) groups is 1. The van der Waals surface area contributed by atoms with Gasteiger partial charge in [-0.1, -0.05) is 41.7 Å². The highest BCUT2D eigenvalue weighted by Gasteiger charge is 2.17. The van der Waals surface area contributed by atoms with E-state index in [4.69, 9.17) is 22.7 Å².